The molecule has 0 rings (SSSR count). The number of allylic oxidation sites excluding steroid dienone is 3. The molecule has 0 heterocycles. The Labute approximate surface area is 63.2 Å². The zero-order valence-corrected chi connectivity index (χ0v) is 6.96. The lowest BCUT2D eigenvalue weighted by Crippen LogP contribution is -1.80. The number of nitrogens with zero attached hydrogens (tertiary/aromatic N) is 1. The molecule has 0 aromatic heterocycles. The number of aliphatic imine (C=N–C) groups is 1. The predicted octanol–water partition coefficient (Wildman–Crippen LogP) is 2.60. The van der Waals surface area contributed by atoms with Crippen LogP contribution in [0.3, 0.4) is 0 Å². The van der Waals surface area contributed by atoms with Gasteiger partial charge in [0, 0.05) is 0 Å². The fraction of sp³-hybridized carbons (Fsp3) is 0.444. The average Bonchev–Trinajstić information content (AvgIpc) is 1.97. The zero-order chi connectivity index (χ0) is 7.82. The first-order valence-corrected chi connectivity index (χ1v) is 3.54. The van der Waals surface area contributed by atoms with Gasteiger partial charge in [0.05, 0.1) is 6.54 Å². The van der Waals surface area contributed by atoms with Crippen LogP contribution in [0.4, 0.5) is 0 Å². The van der Waals surface area contributed by atoms with Crippen molar-refractivity contribution < 1.29 is 0 Å². The molecule has 1 heteroatoms. The lowest BCUT2D eigenvalue weighted by Gasteiger charge is -1.90. The molecule has 0 aromatic carbocycles. The van der Waals surface area contributed by atoms with E-state index >= 15 is 0 Å². The molecule has 0 fully saturated rings. The van der Waals surface area contributed by atoms with Crippen LogP contribution in [0.5, 0.6) is 0 Å². The van der Waals surface area contributed by atoms with Crippen molar-refractivity contribution in [2.24, 2.45) is 4.99 Å². The minimum Gasteiger partial charge on any atom is -0.293 e. The number of hydrogen-bond acceptors (Lipinski definition) is 1. The van der Waals surface area contributed by atoms with Crippen molar-refractivity contribution in [3.63, 3.8) is 0 Å². The second-order valence-corrected chi connectivity index (χ2v) is 2.14. The van der Waals surface area contributed by atoms with Crippen molar-refractivity contribution in [3.05, 3.63) is 23.8 Å². The van der Waals surface area contributed by atoms with Crippen LogP contribution in [0, 0.1) is 0 Å². The minimum absolute atomic E-state index is 0.820. The van der Waals surface area contributed by atoms with Gasteiger partial charge in [-0.25, -0.2) is 0 Å². The first kappa shape index (κ1) is 9.15. The number of rotatable bonds is 3. The van der Waals surface area contributed by atoms with Crippen molar-refractivity contribution in [3.8, 4) is 0 Å². The molecule has 0 spiro atoms. The van der Waals surface area contributed by atoms with Crippen LogP contribution in [0.15, 0.2) is 28.8 Å². The summed E-state index contributed by atoms with van der Waals surface area (Å²) in [5.74, 6) is 0. The van der Waals surface area contributed by atoms with Crippen molar-refractivity contribution in [2.75, 3.05) is 6.54 Å². The number of hydrogen-bond donors (Lipinski definition) is 0. The van der Waals surface area contributed by atoms with E-state index in [1.54, 1.807) is 0 Å². The van der Waals surface area contributed by atoms with Crippen LogP contribution in [0.1, 0.15) is 20.8 Å². The van der Waals surface area contributed by atoms with Crippen LogP contribution in [-0.2, 0) is 0 Å². The molecule has 10 heavy (non-hydrogen) atoms. The Bertz CT molecular complexity index is 152. The Morgan fingerprint density at radius 3 is 2.60 bits per heavy atom. The van der Waals surface area contributed by atoms with Crippen molar-refractivity contribution in [1.29, 1.82) is 0 Å². The van der Waals surface area contributed by atoms with E-state index < -0.39 is 0 Å². The van der Waals surface area contributed by atoms with E-state index in [0.29, 0.717) is 0 Å². The van der Waals surface area contributed by atoms with Crippen molar-refractivity contribution in [1.82, 2.24) is 0 Å². The summed E-state index contributed by atoms with van der Waals surface area (Å²) >= 11 is 0. The van der Waals surface area contributed by atoms with Gasteiger partial charge in [-0.3, -0.25) is 4.99 Å². The minimum atomic E-state index is 0.820. The molecule has 0 unspecified atom stereocenters. The molecule has 0 aliphatic rings. The highest BCUT2D eigenvalue weighted by Gasteiger charge is 1.80. The summed E-state index contributed by atoms with van der Waals surface area (Å²) in [5, 5.41) is 0. The van der Waals surface area contributed by atoms with Crippen LogP contribution < -0.4 is 0 Å². The van der Waals surface area contributed by atoms with Crippen molar-refractivity contribution >= 4 is 6.21 Å². The maximum absolute atomic E-state index is 4.10. The smallest absolute Gasteiger partial charge is 0.0595 e. The van der Waals surface area contributed by atoms with Gasteiger partial charge in [0.25, 0.3) is 0 Å². The summed E-state index contributed by atoms with van der Waals surface area (Å²) in [7, 11) is 0. The largest absolute Gasteiger partial charge is 0.293 e. The van der Waals surface area contributed by atoms with Gasteiger partial charge in [0.1, 0.15) is 0 Å². The van der Waals surface area contributed by atoms with Gasteiger partial charge < -0.3 is 0 Å². The van der Waals surface area contributed by atoms with E-state index in [1.807, 2.05) is 32.2 Å². The summed E-state index contributed by atoms with van der Waals surface area (Å²) in [5.41, 5.74) is 1.29. The van der Waals surface area contributed by atoms with Crippen LogP contribution in [0.25, 0.3) is 0 Å². The second kappa shape index (κ2) is 6.27. The molecular weight excluding hydrogens is 122 g/mol. The quantitative estimate of drug-likeness (QED) is 0.419. The fourth-order valence-corrected chi connectivity index (χ4v) is 0.548. The van der Waals surface area contributed by atoms with Gasteiger partial charge >= 0.3 is 0 Å². The monoisotopic (exact) mass is 137 g/mol. The SMILES string of the molecule is CC=NC/C(C)=C/C=C\C. The molecule has 0 saturated carbocycles. The Kier molecular flexibility index (Phi) is 5.74. The van der Waals surface area contributed by atoms with E-state index in [1.165, 1.54) is 5.57 Å². The zero-order valence-electron chi connectivity index (χ0n) is 6.96. The molecule has 0 radical (unpaired) electrons. The standard InChI is InChI=1S/C9H15N/c1-4-6-7-9(3)8-10-5-2/h4-7H,8H2,1-3H3/b6-4-,9-7+,10-5?. The second-order valence-electron chi connectivity index (χ2n) is 2.14. The lowest BCUT2D eigenvalue weighted by molar-refractivity contribution is 1.14. The first-order chi connectivity index (χ1) is 4.81. The third kappa shape index (κ3) is 5.29. The molecule has 1 nitrogen and oxygen atoms in total. The highest BCUT2D eigenvalue weighted by molar-refractivity contribution is 5.53. The third-order valence-corrected chi connectivity index (χ3v) is 1.10. The first-order valence-electron chi connectivity index (χ1n) is 3.54. The van der Waals surface area contributed by atoms with Crippen molar-refractivity contribution in [2.45, 2.75) is 20.8 Å². The Morgan fingerprint density at radius 2 is 2.10 bits per heavy atom. The molecule has 0 atom stereocenters. The highest BCUT2D eigenvalue weighted by Crippen LogP contribution is 1.92. The van der Waals surface area contributed by atoms with E-state index in [4.69, 9.17) is 0 Å². The molecule has 56 valence electrons. The van der Waals surface area contributed by atoms with Crippen LogP contribution in [-0.4, -0.2) is 12.8 Å². The van der Waals surface area contributed by atoms with Crippen LogP contribution in [0.2, 0.25) is 0 Å². The Morgan fingerprint density at radius 1 is 1.40 bits per heavy atom. The van der Waals surface area contributed by atoms with Gasteiger partial charge in [-0.2, -0.15) is 0 Å². The van der Waals surface area contributed by atoms with E-state index in [0.717, 1.165) is 6.54 Å². The van der Waals surface area contributed by atoms with E-state index in [2.05, 4.69) is 18.0 Å². The average molecular weight is 137 g/mol. The predicted molar refractivity (Wildman–Crippen MR) is 47.6 cm³/mol. The van der Waals surface area contributed by atoms with Gasteiger partial charge in [-0.05, 0) is 27.0 Å². The van der Waals surface area contributed by atoms with Gasteiger partial charge in [0.2, 0.25) is 0 Å². The highest BCUT2D eigenvalue weighted by atomic mass is 14.7. The molecular formula is C9H15N. The molecule has 0 aliphatic heterocycles. The summed E-state index contributed by atoms with van der Waals surface area (Å²) in [4.78, 5) is 4.10. The third-order valence-electron chi connectivity index (χ3n) is 1.10. The Balaban J connectivity index is 3.70. The summed E-state index contributed by atoms with van der Waals surface area (Å²) < 4.78 is 0. The van der Waals surface area contributed by atoms with Gasteiger partial charge in [-0.15, -0.1) is 0 Å². The molecule has 0 saturated heterocycles. The Hall–Kier alpha value is -0.850. The van der Waals surface area contributed by atoms with Gasteiger partial charge in [0.15, 0.2) is 0 Å². The summed E-state index contributed by atoms with van der Waals surface area (Å²) in [6, 6.07) is 0. The fourth-order valence-electron chi connectivity index (χ4n) is 0.548. The summed E-state index contributed by atoms with van der Waals surface area (Å²) in [6.45, 7) is 6.84. The van der Waals surface area contributed by atoms with E-state index in [9.17, 15) is 0 Å². The maximum Gasteiger partial charge on any atom is 0.0595 e. The molecule has 0 aliphatic carbocycles. The lowest BCUT2D eigenvalue weighted by atomic mass is 10.3. The summed E-state index contributed by atoms with van der Waals surface area (Å²) in [6.07, 6.45) is 7.94. The van der Waals surface area contributed by atoms with E-state index in [-0.39, 0.29) is 0 Å². The molecule has 0 N–H and O–H groups in total. The molecule has 0 bridgehead atoms. The molecule has 0 aromatic rings. The molecule has 0 amide bonds. The topological polar surface area (TPSA) is 12.4 Å². The van der Waals surface area contributed by atoms with Gasteiger partial charge in [-0.1, -0.05) is 23.8 Å². The van der Waals surface area contributed by atoms with Crippen LogP contribution >= 0.6 is 0 Å². The maximum atomic E-state index is 4.10. The normalized spacial score (nSPS) is 13.7.